The van der Waals surface area contributed by atoms with Crippen molar-refractivity contribution in [3.8, 4) is 0 Å². The molecule has 0 atom stereocenters. The van der Waals surface area contributed by atoms with E-state index in [1.54, 1.807) is 12.1 Å². The number of hydrogen-bond acceptors (Lipinski definition) is 5. The monoisotopic (exact) mass is 244 g/mol. The first-order chi connectivity index (χ1) is 7.51. The Balaban J connectivity index is 3.01. The van der Waals surface area contributed by atoms with Gasteiger partial charge in [-0.15, -0.1) is 0 Å². The third kappa shape index (κ3) is 2.84. The molecule has 6 N–H and O–H groups in total. The molecule has 1 rings (SSSR count). The summed E-state index contributed by atoms with van der Waals surface area (Å²) in [7, 11) is -2.15. The third-order valence-corrected chi connectivity index (χ3v) is 3.53. The summed E-state index contributed by atoms with van der Waals surface area (Å²) in [6, 6.07) is 4.68. The molecule has 1 aromatic rings. The Morgan fingerprint density at radius 2 is 2.06 bits per heavy atom. The number of hydrogen-bond donors (Lipinski definition) is 4. The first-order valence-corrected chi connectivity index (χ1v) is 6.26. The van der Waals surface area contributed by atoms with Crippen LogP contribution in [0.15, 0.2) is 23.1 Å². The van der Waals surface area contributed by atoms with Gasteiger partial charge in [-0.25, -0.2) is 13.1 Å². The molecule has 0 saturated heterocycles. The molecular weight excluding hydrogens is 228 g/mol. The molecule has 0 aliphatic rings. The molecule has 1 aromatic carbocycles. The minimum absolute atomic E-state index is 0.0771. The minimum atomic E-state index is -3.49. The van der Waals surface area contributed by atoms with Crippen LogP contribution in [-0.4, -0.2) is 28.6 Å². The number of benzene rings is 1. The van der Waals surface area contributed by atoms with Crippen LogP contribution in [0.25, 0.3) is 0 Å². The van der Waals surface area contributed by atoms with Gasteiger partial charge in [0, 0.05) is 18.8 Å². The maximum absolute atomic E-state index is 11.5. The summed E-state index contributed by atoms with van der Waals surface area (Å²) in [5.74, 6) is 0. The fourth-order valence-corrected chi connectivity index (χ4v) is 2.07. The van der Waals surface area contributed by atoms with Crippen LogP contribution in [0, 0.1) is 0 Å². The van der Waals surface area contributed by atoms with Crippen LogP contribution >= 0.6 is 0 Å². The number of anilines is 2. The molecule has 0 bridgehead atoms. The summed E-state index contributed by atoms with van der Waals surface area (Å²) in [6.45, 7) is 1.11. The lowest BCUT2D eigenvalue weighted by molar-refractivity contribution is 0.588. The SMILES string of the molecule is CNS(=O)(=O)c1ccc(NCCN)cc1N. The number of sulfonamides is 1. The Kier molecular flexibility index (Phi) is 4.11. The van der Waals surface area contributed by atoms with Gasteiger partial charge in [-0.3, -0.25) is 0 Å². The molecule has 0 fully saturated rings. The molecule has 0 aliphatic carbocycles. The molecule has 0 aliphatic heterocycles. The summed E-state index contributed by atoms with van der Waals surface area (Å²) in [5.41, 5.74) is 12.0. The van der Waals surface area contributed by atoms with Gasteiger partial charge in [0.25, 0.3) is 0 Å². The van der Waals surface area contributed by atoms with E-state index in [4.69, 9.17) is 11.5 Å². The Morgan fingerprint density at radius 1 is 1.38 bits per heavy atom. The van der Waals surface area contributed by atoms with E-state index in [0.29, 0.717) is 13.1 Å². The summed E-state index contributed by atoms with van der Waals surface area (Å²) in [5, 5.41) is 3.01. The second-order valence-corrected chi connectivity index (χ2v) is 5.03. The average Bonchev–Trinajstić information content (AvgIpc) is 2.26. The summed E-state index contributed by atoms with van der Waals surface area (Å²) >= 11 is 0. The maximum Gasteiger partial charge on any atom is 0.242 e. The number of nitrogens with two attached hydrogens (primary N) is 2. The first kappa shape index (κ1) is 12.8. The predicted molar refractivity (Wildman–Crippen MR) is 64.6 cm³/mol. The van der Waals surface area contributed by atoms with Gasteiger partial charge in [0.05, 0.1) is 5.69 Å². The van der Waals surface area contributed by atoms with E-state index < -0.39 is 10.0 Å². The Labute approximate surface area is 95.1 Å². The second kappa shape index (κ2) is 5.15. The van der Waals surface area contributed by atoms with Crippen molar-refractivity contribution in [2.24, 2.45) is 5.73 Å². The Hall–Kier alpha value is -1.31. The molecule has 0 aromatic heterocycles. The Morgan fingerprint density at radius 3 is 2.56 bits per heavy atom. The zero-order valence-corrected chi connectivity index (χ0v) is 9.84. The number of nitrogens with one attached hydrogen (secondary N) is 2. The number of nitrogen functional groups attached to an aromatic ring is 1. The van der Waals surface area contributed by atoms with Crippen molar-refractivity contribution in [3.05, 3.63) is 18.2 Å². The molecule has 16 heavy (non-hydrogen) atoms. The highest BCUT2D eigenvalue weighted by Gasteiger charge is 2.14. The molecule has 0 unspecified atom stereocenters. The predicted octanol–water partition coefficient (Wildman–Crippen LogP) is -0.452. The van der Waals surface area contributed by atoms with E-state index >= 15 is 0 Å². The van der Waals surface area contributed by atoms with E-state index in [2.05, 4.69) is 10.0 Å². The van der Waals surface area contributed by atoms with Crippen LogP contribution in [-0.2, 0) is 10.0 Å². The Bertz CT molecular complexity index is 459. The van der Waals surface area contributed by atoms with Crippen LogP contribution in [0.3, 0.4) is 0 Å². The topological polar surface area (TPSA) is 110 Å². The minimum Gasteiger partial charge on any atom is -0.398 e. The van der Waals surface area contributed by atoms with E-state index in [1.165, 1.54) is 13.1 Å². The highest BCUT2D eigenvalue weighted by Crippen LogP contribution is 2.21. The van der Waals surface area contributed by atoms with E-state index in [1.807, 2.05) is 0 Å². The fourth-order valence-electron chi connectivity index (χ4n) is 1.23. The van der Waals surface area contributed by atoms with Crippen molar-refractivity contribution >= 4 is 21.4 Å². The van der Waals surface area contributed by atoms with Gasteiger partial charge in [-0.1, -0.05) is 0 Å². The van der Waals surface area contributed by atoms with Crippen molar-refractivity contribution in [3.63, 3.8) is 0 Å². The quantitative estimate of drug-likeness (QED) is 0.524. The third-order valence-electron chi connectivity index (χ3n) is 2.04. The van der Waals surface area contributed by atoms with Gasteiger partial charge >= 0.3 is 0 Å². The van der Waals surface area contributed by atoms with E-state index in [9.17, 15) is 8.42 Å². The normalized spacial score (nSPS) is 11.4. The molecule has 0 amide bonds. The van der Waals surface area contributed by atoms with Crippen LogP contribution in [0.2, 0.25) is 0 Å². The van der Waals surface area contributed by atoms with Crippen molar-refractivity contribution in [1.29, 1.82) is 0 Å². The van der Waals surface area contributed by atoms with Crippen LogP contribution in [0.1, 0.15) is 0 Å². The van der Waals surface area contributed by atoms with Crippen molar-refractivity contribution in [2.75, 3.05) is 31.2 Å². The summed E-state index contributed by atoms with van der Waals surface area (Å²) < 4.78 is 25.2. The van der Waals surface area contributed by atoms with Crippen molar-refractivity contribution in [2.45, 2.75) is 4.90 Å². The highest BCUT2D eigenvalue weighted by molar-refractivity contribution is 7.89. The van der Waals surface area contributed by atoms with Gasteiger partial charge in [-0.2, -0.15) is 0 Å². The van der Waals surface area contributed by atoms with Crippen molar-refractivity contribution in [1.82, 2.24) is 4.72 Å². The molecular formula is C9H16N4O2S. The standard InChI is InChI=1S/C9H16N4O2S/c1-12-16(14,15)9-3-2-7(6-8(9)11)13-5-4-10/h2-3,6,12-13H,4-5,10-11H2,1H3. The summed E-state index contributed by atoms with van der Waals surface area (Å²) in [4.78, 5) is 0.0771. The van der Waals surface area contributed by atoms with Gasteiger partial charge < -0.3 is 16.8 Å². The van der Waals surface area contributed by atoms with Crippen molar-refractivity contribution < 1.29 is 8.42 Å². The van der Waals surface area contributed by atoms with Gasteiger partial charge in [0.1, 0.15) is 4.90 Å². The lowest BCUT2D eigenvalue weighted by atomic mass is 10.3. The fraction of sp³-hybridized carbons (Fsp3) is 0.333. The molecule has 90 valence electrons. The van der Waals surface area contributed by atoms with Gasteiger partial charge in [-0.05, 0) is 25.2 Å². The first-order valence-electron chi connectivity index (χ1n) is 4.78. The smallest absolute Gasteiger partial charge is 0.242 e. The second-order valence-electron chi connectivity index (χ2n) is 3.18. The van der Waals surface area contributed by atoms with Crippen LogP contribution in [0.4, 0.5) is 11.4 Å². The van der Waals surface area contributed by atoms with Gasteiger partial charge in [0.15, 0.2) is 0 Å². The number of rotatable bonds is 5. The van der Waals surface area contributed by atoms with E-state index in [0.717, 1.165) is 5.69 Å². The molecule has 6 nitrogen and oxygen atoms in total. The highest BCUT2D eigenvalue weighted by atomic mass is 32.2. The van der Waals surface area contributed by atoms with E-state index in [-0.39, 0.29) is 10.6 Å². The van der Waals surface area contributed by atoms with Crippen LogP contribution < -0.4 is 21.5 Å². The lowest BCUT2D eigenvalue weighted by Gasteiger charge is -2.09. The van der Waals surface area contributed by atoms with Crippen LogP contribution in [0.5, 0.6) is 0 Å². The average molecular weight is 244 g/mol. The lowest BCUT2D eigenvalue weighted by Crippen LogP contribution is -2.20. The summed E-state index contributed by atoms with van der Waals surface area (Å²) in [6.07, 6.45) is 0. The maximum atomic E-state index is 11.5. The molecule has 7 heteroatoms. The zero-order chi connectivity index (χ0) is 12.2. The molecule has 0 heterocycles. The zero-order valence-electron chi connectivity index (χ0n) is 9.03. The molecule has 0 radical (unpaired) electrons. The molecule has 0 saturated carbocycles. The van der Waals surface area contributed by atoms with Gasteiger partial charge in [0.2, 0.25) is 10.0 Å². The largest absolute Gasteiger partial charge is 0.398 e. The molecule has 0 spiro atoms.